The van der Waals surface area contributed by atoms with Crippen LogP contribution in [0.3, 0.4) is 0 Å². The van der Waals surface area contributed by atoms with Crippen LogP contribution in [0, 0.1) is 6.92 Å². The van der Waals surface area contributed by atoms with Crippen molar-refractivity contribution in [2.45, 2.75) is 32.1 Å². The highest BCUT2D eigenvalue weighted by molar-refractivity contribution is 5.78. The van der Waals surface area contributed by atoms with Crippen molar-refractivity contribution in [2.24, 2.45) is 0 Å². The first kappa shape index (κ1) is 17.6. The molecule has 0 aromatic heterocycles. The predicted molar refractivity (Wildman–Crippen MR) is 117 cm³/mol. The van der Waals surface area contributed by atoms with Crippen molar-refractivity contribution in [1.29, 1.82) is 0 Å². The average Bonchev–Trinajstić information content (AvgIpc) is 2.75. The van der Waals surface area contributed by atoms with Crippen molar-refractivity contribution in [1.82, 2.24) is 0 Å². The quantitative estimate of drug-likeness (QED) is 0.585. The molecule has 2 aliphatic rings. The molecule has 0 amide bonds. The average molecular weight is 354 g/mol. The molecule has 0 saturated carbocycles. The summed E-state index contributed by atoms with van der Waals surface area (Å²) >= 11 is 0. The molecule has 0 spiro atoms. The Labute approximate surface area is 163 Å². The maximum Gasteiger partial charge on any atom is 0.0443 e. The number of likely N-dealkylation sites (N-methyl/N-ethyl adjacent to an activating group) is 1. The summed E-state index contributed by atoms with van der Waals surface area (Å²) in [6.07, 6.45) is 17.2. The standard InChI is InChI=1S/C26H27N/c1-20-16-17-24(22-12-7-4-8-13-22)19-26(20)27(2)25-15-9-14-23(18-25)21-10-5-3-6-11-21/h3,5-7,9-13,15-19,23H,4,8,14H2,1-2H3. The number of hydrogen-bond acceptors (Lipinski definition) is 1. The van der Waals surface area contributed by atoms with Crippen LogP contribution in [0.2, 0.25) is 0 Å². The van der Waals surface area contributed by atoms with Crippen LogP contribution in [0.5, 0.6) is 0 Å². The van der Waals surface area contributed by atoms with Crippen LogP contribution in [0.1, 0.15) is 41.9 Å². The van der Waals surface area contributed by atoms with E-state index in [1.54, 1.807) is 0 Å². The zero-order chi connectivity index (χ0) is 18.6. The molecule has 1 atom stereocenters. The number of benzene rings is 2. The molecule has 0 fully saturated rings. The Morgan fingerprint density at radius 1 is 0.926 bits per heavy atom. The molecule has 1 heteroatoms. The molecular weight excluding hydrogens is 326 g/mol. The molecule has 0 bridgehead atoms. The van der Waals surface area contributed by atoms with Crippen molar-refractivity contribution in [3.63, 3.8) is 0 Å². The van der Waals surface area contributed by atoms with Gasteiger partial charge in [0.15, 0.2) is 0 Å². The van der Waals surface area contributed by atoms with E-state index >= 15 is 0 Å². The zero-order valence-corrected chi connectivity index (χ0v) is 16.2. The molecule has 2 aromatic carbocycles. The first-order chi connectivity index (χ1) is 13.2. The van der Waals surface area contributed by atoms with E-state index in [0.717, 1.165) is 19.3 Å². The lowest BCUT2D eigenvalue weighted by Crippen LogP contribution is -2.18. The number of nitrogens with zero attached hydrogens (tertiary/aromatic N) is 1. The molecular formula is C26H27N. The fourth-order valence-corrected chi connectivity index (χ4v) is 3.94. The van der Waals surface area contributed by atoms with Crippen molar-refractivity contribution in [2.75, 3.05) is 11.9 Å². The third kappa shape index (κ3) is 3.83. The van der Waals surface area contributed by atoms with E-state index in [4.69, 9.17) is 0 Å². The molecule has 0 N–H and O–H groups in total. The number of hydrogen-bond donors (Lipinski definition) is 0. The van der Waals surface area contributed by atoms with Gasteiger partial charge in [-0.15, -0.1) is 0 Å². The number of aryl methyl sites for hydroxylation is 1. The number of allylic oxidation sites excluding steroid dienone is 7. The van der Waals surface area contributed by atoms with E-state index in [2.05, 4.69) is 104 Å². The van der Waals surface area contributed by atoms with Gasteiger partial charge < -0.3 is 4.90 Å². The van der Waals surface area contributed by atoms with Gasteiger partial charge in [-0.3, -0.25) is 0 Å². The summed E-state index contributed by atoms with van der Waals surface area (Å²) in [4.78, 5) is 2.33. The minimum atomic E-state index is 0.445. The van der Waals surface area contributed by atoms with E-state index < -0.39 is 0 Å². The lowest BCUT2D eigenvalue weighted by Gasteiger charge is -2.27. The van der Waals surface area contributed by atoms with Gasteiger partial charge in [-0.25, -0.2) is 0 Å². The van der Waals surface area contributed by atoms with Gasteiger partial charge in [0.25, 0.3) is 0 Å². The molecule has 2 aromatic rings. The van der Waals surface area contributed by atoms with Gasteiger partial charge in [0, 0.05) is 24.4 Å². The van der Waals surface area contributed by atoms with Crippen LogP contribution in [-0.4, -0.2) is 7.05 Å². The highest BCUT2D eigenvalue weighted by Gasteiger charge is 2.16. The molecule has 136 valence electrons. The van der Waals surface area contributed by atoms with E-state index in [9.17, 15) is 0 Å². The van der Waals surface area contributed by atoms with Crippen LogP contribution in [0.25, 0.3) is 5.57 Å². The summed E-state index contributed by atoms with van der Waals surface area (Å²) in [5.74, 6) is 0.445. The second-order valence-electron chi connectivity index (χ2n) is 7.45. The van der Waals surface area contributed by atoms with Crippen LogP contribution in [0.4, 0.5) is 5.69 Å². The van der Waals surface area contributed by atoms with Crippen LogP contribution >= 0.6 is 0 Å². The first-order valence-electron chi connectivity index (χ1n) is 9.87. The van der Waals surface area contributed by atoms with Crippen LogP contribution in [-0.2, 0) is 0 Å². The lowest BCUT2D eigenvalue weighted by atomic mass is 9.91. The Kier molecular flexibility index (Phi) is 5.11. The van der Waals surface area contributed by atoms with Crippen LogP contribution < -0.4 is 4.90 Å². The SMILES string of the molecule is Cc1ccc(C2=CCCC=C2)cc1N(C)C1=CC(c2ccccc2)CC=C1. The summed E-state index contributed by atoms with van der Waals surface area (Å²) in [6.45, 7) is 2.20. The maximum atomic E-state index is 2.40. The molecule has 0 radical (unpaired) electrons. The summed E-state index contributed by atoms with van der Waals surface area (Å²) in [6, 6.07) is 17.6. The van der Waals surface area contributed by atoms with Gasteiger partial charge in [-0.05, 0) is 60.6 Å². The smallest absolute Gasteiger partial charge is 0.0443 e. The van der Waals surface area contributed by atoms with E-state index in [0.29, 0.717) is 5.92 Å². The molecule has 0 heterocycles. The normalized spacial score (nSPS) is 18.8. The second kappa shape index (κ2) is 7.84. The van der Waals surface area contributed by atoms with Crippen molar-refractivity contribution < 1.29 is 0 Å². The molecule has 4 rings (SSSR count). The van der Waals surface area contributed by atoms with E-state index in [1.807, 2.05) is 0 Å². The van der Waals surface area contributed by atoms with E-state index in [-0.39, 0.29) is 0 Å². The maximum absolute atomic E-state index is 2.40. The number of rotatable bonds is 4. The highest BCUT2D eigenvalue weighted by Crippen LogP contribution is 2.33. The first-order valence-corrected chi connectivity index (χ1v) is 9.87. The Balaban J connectivity index is 1.65. The summed E-state index contributed by atoms with van der Waals surface area (Å²) < 4.78 is 0. The zero-order valence-electron chi connectivity index (χ0n) is 16.2. The molecule has 0 aliphatic heterocycles. The van der Waals surface area contributed by atoms with Gasteiger partial charge in [0.2, 0.25) is 0 Å². The third-order valence-electron chi connectivity index (χ3n) is 5.56. The van der Waals surface area contributed by atoms with Crippen molar-refractivity contribution in [3.05, 3.63) is 107 Å². The molecule has 0 saturated heterocycles. The Hall–Kier alpha value is -2.80. The van der Waals surface area contributed by atoms with Gasteiger partial charge in [0.05, 0.1) is 0 Å². The minimum Gasteiger partial charge on any atom is -0.345 e. The predicted octanol–water partition coefficient (Wildman–Crippen LogP) is 6.79. The Bertz CT molecular complexity index is 928. The summed E-state index contributed by atoms with van der Waals surface area (Å²) in [5, 5.41) is 0. The topological polar surface area (TPSA) is 3.24 Å². The van der Waals surface area contributed by atoms with Crippen molar-refractivity contribution >= 4 is 11.3 Å². The van der Waals surface area contributed by atoms with E-state index in [1.165, 1.54) is 33.6 Å². The van der Waals surface area contributed by atoms with Gasteiger partial charge in [0.1, 0.15) is 0 Å². The monoisotopic (exact) mass is 353 g/mol. The van der Waals surface area contributed by atoms with Gasteiger partial charge in [-0.2, -0.15) is 0 Å². The fourth-order valence-electron chi connectivity index (χ4n) is 3.94. The molecule has 1 unspecified atom stereocenters. The van der Waals surface area contributed by atoms with Gasteiger partial charge >= 0.3 is 0 Å². The third-order valence-corrected chi connectivity index (χ3v) is 5.56. The molecule has 1 nitrogen and oxygen atoms in total. The van der Waals surface area contributed by atoms with Gasteiger partial charge in [-0.1, -0.05) is 72.8 Å². The molecule has 27 heavy (non-hydrogen) atoms. The summed E-state index contributed by atoms with van der Waals surface area (Å²) in [7, 11) is 2.18. The van der Waals surface area contributed by atoms with Crippen LogP contribution in [0.15, 0.2) is 90.7 Å². The molecule has 2 aliphatic carbocycles. The second-order valence-corrected chi connectivity index (χ2v) is 7.45. The number of anilines is 1. The Morgan fingerprint density at radius 3 is 2.56 bits per heavy atom. The minimum absolute atomic E-state index is 0.445. The summed E-state index contributed by atoms with van der Waals surface area (Å²) in [5.41, 5.74) is 7.87. The highest BCUT2D eigenvalue weighted by atomic mass is 15.1. The lowest BCUT2D eigenvalue weighted by molar-refractivity contribution is 0.834. The fraction of sp³-hybridized carbons (Fsp3) is 0.231. The largest absolute Gasteiger partial charge is 0.345 e. The van der Waals surface area contributed by atoms with Crippen molar-refractivity contribution in [3.8, 4) is 0 Å². The Morgan fingerprint density at radius 2 is 1.78 bits per heavy atom.